The fraction of sp³-hybridized carbons (Fsp3) is 0.0308. The van der Waals surface area contributed by atoms with Gasteiger partial charge in [0.15, 0.2) is 17.5 Å². The third kappa shape index (κ3) is 6.83. The van der Waals surface area contributed by atoms with E-state index in [1.165, 1.54) is 60.2 Å². The molecule has 4 aromatic heterocycles. The molecule has 1 aliphatic rings. The molecule has 0 N–H and O–H groups in total. The fourth-order valence-corrected chi connectivity index (χ4v) is 10.9. The monoisotopic (exact) mass is 908 g/mol. The average Bonchev–Trinajstić information content (AvgIpc) is 4.15. The number of aromatic nitrogens is 6. The van der Waals surface area contributed by atoms with Gasteiger partial charge in [-0.05, 0) is 83.3 Å². The highest BCUT2D eigenvalue weighted by atomic mass is 15.1. The fourth-order valence-electron chi connectivity index (χ4n) is 10.9. The zero-order chi connectivity index (χ0) is 46.8. The van der Waals surface area contributed by atoms with Crippen molar-refractivity contribution < 1.29 is 0 Å². The van der Waals surface area contributed by atoms with Crippen LogP contribution in [0.4, 0.5) is 0 Å². The van der Waals surface area contributed by atoms with E-state index in [1.54, 1.807) is 0 Å². The lowest BCUT2D eigenvalue weighted by atomic mass is 10.0. The molecular weight excluding hydrogens is 865 g/mol. The van der Waals surface area contributed by atoms with E-state index in [1.807, 2.05) is 24.3 Å². The zero-order valence-corrected chi connectivity index (χ0v) is 38.6. The second-order valence-corrected chi connectivity index (χ2v) is 18.4. The summed E-state index contributed by atoms with van der Waals surface area (Å²) < 4.78 is 7.36. The third-order valence-electron chi connectivity index (χ3n) is 14.2. The zero-order valence-electron chi connectivity index (χ0n) is 38.6. The summed E-state index contributed by atoms with van der Waals surface area (Å²) in [5.41, 5.74) is 15.5. The number of nitrogens with zero attached hydrogens (tertiary/aromatic N) is 6. The molecule has 0 saturated heterocycles. The Balaban J connectivity index is 0.957. The van der Waals surface area contributed by atoms with Gasteiger partial charge in [-0.1, -0.05) is 188 Å². The molecule has 14 rings (SSSR count). The van der Waals surface area contributed by atoms with Crippen molar-refractivity contribution in [1.29, 1.82) is 0 Å². The Hall–Kier alpha value is -9.39. The minimum atomic E-state index is 0.227. The number of hydrogen-bond acceptors (Lipinski definition) is 3. The first-order chi connectivity index (χ1) is 35.2. The lowest BCUT2D eigenvalue weighted by molar-refractivity contribution is 0.649. The van der Waals surface area contributed by atoms with Gasteiger partial charge in [-0.2, -0.15) is 0 Å². The summed E-state index contributed by atoms with van der Waals surface area (Å²) in [5, 5.41) is 6.14. The van der Waals surface area contributed by atoms with Crippen molar-refractivity contribution in [3.63, 3.8) is 0 Å². The number of fused-ring (bicyclic) bond motifs is 8. The highest BCUT2D eigenvalue weighted by Gasteiger charge is 2.23. The van der Waals surface area contributed by atoms with Gasteiger partial charge in [-0.3, -0.25) is 0 Å². The molecule has 0 bridgehead atoms. The summed E-state index contributed by atoms with van der Waals surface area (Å²) in [4.78, 5) is 15.4. The van der Waals surface area contributed by atoms with Crippen LogP contribution in [0.5, 0.6) is 0 Å². The Labute approximate surface area is 410 Å². The van der Waals surface area contributed by atoms with Crippen LogP contribution in [0.3, 0.4) is 0 Å². The summed E-state index contributed by atoms with van der Waals surface area (Å²) in [7, 11) is 0. The van der Waals surface area contributed by atoms with E-state index in [0.29, 0.717) is 17.5 Å². The molecule has 0 spiro atoms. The molecule has 13 aromatic rings. The first kappa shape index (κ1) is 40.7. The van der Waals surface area contributed by atoms with E-state index < -0.39 is 0 Å². The Morgan fingerprint density at radius 3 is 1.72 bits per heavy atom. The summed E-state index contributed by atoms with van der Waals surface area (Å²) in [6.07, 6.45) is 12.2. The van der Waals surface area contributed by atoms with Crippen LogP contribution in [-0.2, 0) is 0 Å². The highest BCUT2D eigenvalue weighted by molar-refractivity contribution is 6.19. The molecule has 1 unspecified atom stereocenters. The van der Waals surface area contributed by atoms with Gasteiger partial charge in [0.2, 0.25) is 0 Å². The van der Waals surface area contributed by atoms with Crippen LogP contribution in [-0.4, -0.2) is 28.7 Å². The van der Waals surface area contributed by atoms with E-state index in [-0.39, 0.29) is 6.04 Å². The lowest BCUT2D eigenvalue weighted by Crippen LogP contribution is -2.06. The Bertz CT molecular complexity index is 4230. The predicted molar refractivity (Wildman–Crippen MR) is 293 cm³/mol. The lowest BCUT2D eigenvalue weighted by Gasteiger charge is -2.19. The molecule has 0 fully saturated rings. The third-order valence-corrected chi connectivity index (χ3v) is 14.2. The maximum atomic E-state index is 5.20. The standard InChI is InChI=1S/C65H44N6/c1-5-17-43(18-6-1)45-31-33-47(34-32-45)64-66-63(46-21-9-3-10-22-46)67-65(68-64)49-23-15-26-51(41-49)70-58-37-35-48(44-19-7-2-8-20-44)42-55(58)61-59(29-16-30-60(61)70)69-40-39-54-56(69)38-36-53-52-27-13-14-28-57(52)71(62(53)54)50-24-11-4-12-25-50/h1-24,26-42,50H,25H2. The molecule has 6 nitrogen and oxygen atoms in total. The number of allylic oxidation sites excluding steroid dienone is 4. The predicted octanol–water partition coefficient (Wildman–Crippen LogP) is 16.4. The molecule has 1 atom stereocenters. The first-order valence-corrected chi connectivity index (χ1v) is 24.3. The second kappa shape index (κ2) is 16.7. The number of hydrogen-bond donors (Lipinski definition) is 0. The van der Waals surface area contributed by atoms with Crippen molar-refractivity contribution >= 4 is 54.5 Å². The van der Waals surface area contributed by atoms with Gasteiger partial charge in [-0.25, -0.2) is 15.0 Å². The summed E-state index contributed by atoms with van der Waals surface area (Å²) >= 11 is 0. The molecule has 1 aliphatic carbocycles. The van der Waals surface area contributed by atoms with E-state index in [2.05, 4.69) is 238 Å². The van der Waals surface area contributed by atoms with Crippen LogP contribution >= 0.6 is 0 Å². The Morgan fingerprint density at radius 2 is 0.972 bits per heavy atom. The van der Waals surface area contributed by atoms with E-state index >= 15 is 0 Å². The summed E-state index contributed by atoms with van der Waals surface area (Å²) in [6.45, 7) is 0. The van der Waals surface area contributed by atoms with E-state index in [0.717, 1.165) is 51.1 Å². The van der Waals surface area contributed by atoms with E-state index in [4.69, 9.17) is 15.0 Å². The molecule has 71 heavy (non-hydrogen) atoms. The van der Waals surface area contributed by atoms with Gasteiger partial charge >= 0.3 is 0 Å². The number of para-hydroxylation sites is 1. The van der Waals surface area contributed by atoms with Crippen LogP contribution in [0, 0.1) is 0 Å². The molecule has 4 heterocycles. The summed E-state index contributed by atoms with van der Waals surface area (Å²) in [6, 6.07) is 78.1. The minimum Gasteiger partial charge on any atom is -0.333 e. The maximum absolute atomic E-state index is 5.20. The van der Waals surface area contributed by atoms with Gasteiger partial charge < -0.3 is 13.7 Å². The van der Waals surface area contributed by atoms with Gasteiger partial charge in [0.1, 0.15) is 0 Å². The van der Waals surface area contributed by atoms with Gasteiger partial charge in [-0.15, -0.1) is 0 Å². The molecule has 0 radical (unpaired) electrons. The quantitative estimate of drug-likeness (QED) is 0.153. The van der Waals surface area contributed by atoms with Crippen LogP contribution in [0.1, 0.15) is 12.5 Å². The van der Waals surface area contributed by atoms with Crippen molar-refractivity contribution in [2.45, 2.75) is 12.5 Å². The Kier molecular flexibility index (Phi) is 9.56. The van der Waals surface area contributed by atoms with Crippen molar-refractivity contribution in [2.24, 2.45) is 0 Å². The van der Waals surface area contributed by atoms with Crippen molar-refractivity contribution in [2.75, 3.05) is 0 Å². The van der Waals surface area contributed by atoms with Gasteiger partial charge in [0.25, 0.3) is 0 Å². The molecule has 0 aliphatic heterocycles. The molecule has 0 saturated carbocycles. The summed E-state index contributed by atoms with van der Waals surface area (Å²) in [5.74, 6) is 1.86. The molecule has 6 heteroatoms. The van der Waals surface area contributed by atoms with E-state index in [9.17, 15) is 0 Å². The SMILES string of the molecule is C1=CCC(n2c3ccccc3c3ccc4c(ccn4-c4cccc5c4c4cc(-c6ccccc6)ccc4n5-c4cccc(-c5nc(-c6ccccc6)nc(-c6ccc(-c7ccccc7)cc6)n5)c4)c32)C=C1. The van der Waals surface area contributed by atoms with Crippen LogP contribution in [0.15, 0.2) is 249 Å². The second-order valence-electron chi connectivity index (χ2n) is 18.4. The molecular formula is C65H44N6. The maximum Gasteiger partial charge on any atom is 0.164 e. The topological polar surface area (TPSA) is 53.5 Å². The van der Waals surface area contributed by atoms with Gasteiger partial charge in [0.05, 0.1) is 33.8 Å². The first-order valence-electron chi connectivity index (χ1n) is 24.3. The molecule has 0 amide bonds. The van der Waals surface area contributed by atoms with Crippen molar-refractivity contribution in [3.05, 3.63) is 249 Å². The van der Waals surface area contributed by atoms with Crippen LogP contribution < -0.4 is 0 Å². The van der Waals surface area contributed by atoms with Crippen LogP contribution in [0.2, 0.25) is 0 Å². The average molecular weight is 909 g/mol. The van der Waals surface area contributed by atoms with Crippen LogP contribution in [0.25, 0.3) is 122 Å². The molecule has 9 aromatic carbocycles. The van der Waals surface area contributed by atoms with Gasteiger partial charge in [0, 0.05) is 61.0 Å². The normalized spacial score (nSPS) is 13.6. The highest BCUT2D eigenvalue weighted by Crippen LogP contribution is 2.43. The number of benzene rings is 9. The Morgan fingerprint density at radius 1 is 0.380 bits per heavy atom. The largest absolute Gasteiger partial charge is 0.333 e. The smallest absolute Gasteiger partial charge is 0.164 e. The minimum absolute atomic E-state index is 0.227. The molecule has 334 valence electrons. The van der Waals surface area contributed by atoms with Crippen molar-refractivity contribution in [3.8, 4) is 67.8 Å². The number of rotatable bonds is 8. The van der Waals surface area contributed by atoms with Crippen molar-refractivity contribution in [1.82, 2.24) is 28.7 Å².